The number of hydrogen-bond donors (Lipinski definition) is 2. The predicted octanol–water partition coefficient (Wildman–Crippen LogP) is 6.87. The van der Waals surface area contributed by atoms with E-state index in [2.05, 4.69) is 4.99 Å². The number of carboxylic acid groups (broad SMARTS) is 1. The van der Waals surface area contributed by atoms with Gasteiger partial charge in [-0.1, -0.05) is 37.1 Å². The number of aliphatic carboxylic acids is 1. The molecule has 0 bridgehead atoms. The zero-order chi connectivity index (χ0) is 30.2. The molecule has 0 saturated heterocycles. The molecule has 41 heavy (non-hydrogen) atoms. The normalized spacial score (nSPS) is 18.2. The fourth-order valence-electron chi connectivity index (χ4n) is 5.01. The minimum Gasteiger partial charge on any atom is -0.481 e. The largest absolute Gasteiger partial charge is 0.481 e. The molecule has 2 N–H and O–H groups in total. The van der Waals surface area contributed by atoms with Crippen LogP contribution in [-0.4, -0.2) is 42.6 Å². The third-order valence-corrected chi connectivity index (χ3v) is 7.76. The summed E-state index contributed by atoms with van der Waals surface area (Å²) in [5, 5.41) is 8.90. The van der Waals surface area contributed by atoms with Gasteiger partial charge in [-0.05, 0) is 56.9 Å². The molecular formula is C29H32F4N2O5S. The molecule has 0 radical (unpaired) electrons. The molecule has 7 nitrogen and oxygen atoms in total. The number of hydrogen-bond acceptors (Lipinski definition) is 5. The fourth-order valence-corrected chi connectivity index (χ4v) is 5.58. The maximum Gasteiger partial charge on any atom is 0.303 e. The number of halogens is 4. The third kappa shape index (κ3) is 8.04. The van der Waals surface area contributed by atoms with Crippen molar-refractivity contribution in [2.24, 2.45) is 4.99 Å². The molecule has 0 fully saturated rings. The Morgan fingerprint density at radius 3 is 2.29 bits per heavy atom. The number of fused-ring (bicyclic) bond motifs is 1. The number of para-hydroxylation sites is 1. The summed E-state index contributed by atoms with van der Waals surface area (Å²) in [6.07, 6.45) is 7.45. The van der Waals surface area contributed by atoms with Crippen LogP contribution in [0.25, 0.3) is 0 Å². The van der Waals surface area contributed by atoms with Crippen molar-refractivity contribution in [2.75, 3.05) is 17.2 Å². The van der Waals surface area contributed by atoms with Crippen LogP contribution in [0.3, 0.4) is 0 Å². The highest BCUT2D eigenvalue weighted by molar-refractivity contribution is 7.85. The van der Waals surface area contributed by atoms with E-state index < -0.39 is 56.2 Å². The van der Waals surface area contributed by atoms with E-state index in [0.717, 1.165) is 0 Å². The number of carbonyl (C=O) groups is 1. The van der Waals surface area contributed by atoms with Crippen molar-refractivity contribution in [1.29, 1.82) is 0 Å². The Hall–Kier alpha value is -3.51. The van der Waals surface area contributed by atoms with Crippen LogP contribution in [0.1, 0.15) is 57.4 Å². The molecule has 0 aliphatic carbocycles. The van der Waals surface area contributed by atoms with Gasteiger partial charge in [0.05, 0.1) is 17.1 Å². The van der Waals surface area contributed by atoms with Gasteiger partial charge in [-0.15, -0.1) is 0 Å². The molecule has 0 aromatic heterocycles. The van der Waals surface area contributed by atoms with E-state index in [0.29, 0.717) is 30.6 Å². The van der Waals surface area contributed by atoms with E-state index in [-0.39, 0.29) is 37.8 Å². The monoisotopic (exact) mass is 596 g/mol. The first kappa shape index (κ1) is 32.0. The topological polar surface area (TPSA) is 107 Å². The zero-order valence-corrected chi connectivity index (χ0v) is 23.3. The predicted molar refractivity (Wildman–Crippen MR) is 149 cm³/mol. The summed E-state index contributed by atoms with van der Waals surface area (Å²) in [5.74, 6) is -8.50. The van der Waals surface area contributed by atoms with Crippen molar-refractivity contribution >= 4 is 33.7 Å². The Morgan fingerprint density at radius 1 is 0.951 bits per heavy atom. The van der Waals surface area contributed by atoms with Crippen molar-refractivity contribution in [3.63, 3.8) is 0 Å². The molecule has 1 aliphatic heterocycles. The van der Waals surface area contributed by atoms with E-state index >= 15 is 8.78 Å². The second kappa shape index (κ2) is 13.9. The van der Waals surface area contributed by atoms with Gasteiger partial charge in [0, 0.05) is 35.9 Å². The van der Waals surface area contributed by atoms with Crippen molar-refractivity contribution in [3.05, 3.63) is 83.1 Å². The minimum absolute atomic E-state index is 0.000421. The molecule has 1 aliphatic rings. The van der Waals surface area contributed by atoms with E-state index in [1.54, 1.807) is 37.3 Å². The lowest BCUT2D eigenvalue weighted by Crippen LogP contribution is -2.30. The summed E-state index contributed by atoms with van der Waals surface area (Å²) in [7, 11) is -4.26. The smallest absolute Gasteiger partial charge is 0.303 e. The first-order valence-electron chi connectivity index (χ1n) is 13.1. The summed E-state index contributed by atoms with van der Waals surface area (Å²) < 4.78 is 91.1. The summed E-state index contributed by atoms with van der Waals surface area (Å²) in [6, 6.07) is 9.06. The second-order valence-electron chi connectivity index (χ2n) is 9.96. The van der Waals surface area contributed by atoms with Crippen LogP contribution in [0, 0.1) is 23.3 Å². The van der Waals surface area contributed by atoms with E-state index in [9.17, 15) is 22.0 Å². The maximum atomic E-state index is 15.4. The van der Waals surface area contributed by atoms with Crippen LogP contribution in [0.2, 0.25) is 0 Å². The Morgan fingerprint density at radius 2 is 1.63 bits per heavy atom. The standard InChI is InChI=1S/C29H32F4N2O5S/c1-29(16-8-11-19-41(38,39)40)21(14-7-9-17-34-20-12-4-2-5-13-20)35(18-10-3-6-15-22(36)37)28-23(29)24(30)25(31)26(32)27(28)33/h2,4-5,7,9,12-14,17H,3,6,8,10-11,15-16,18-19H2,1H3,(H,36,37)(H,38,39,40)/b9-7+,21-14+,34-17+. The van der Waals surface area contributed by atoms with Gasteiger partial charge in [-0.3, -0.25) is 14.3 Å². The van der Waals surface area contributed by atoms with Gasteiger partial charge in [-0.2, -0.15) is 8.42 Å². The first-order chi connectivity index (χ1) is 19.4. The van der Waals surface area contributed by atoms with Gasteiger partial charge in [0.15, 0.2) is 23.3 Å². The molecule has 0 saturated carbocycles. The van der Waals surface area contributed by atoms with Gasteiger partial charge < -0.3 is 10.0 Å². The molecular weight excluding hydrogens is 564 g/mol. The summed E-state index contributed by atoms with van der Waals surface area (Å²) >= 11 is 0. The van der Waals surface area contributed by atoms with Gasteiger partial charge in [0.2, 0.25) is 0 Å². The first-order valence-corrected chi connectivity index (χ1v) is 14.7. The van der Waals surface area contributed by atoms with Gasteiger partial charge in [0.1, 0.15) is 0 Å². The van der Waals surface area contributed by atoms with Gasteiger partial charge in [0.25, 0.3) is 10.1 Å². The van der Waals surface area contributed by atoms with Crippen LogP contribution < -0.4 is 4.90 Å². The maximum absolute atomic E-state index is 15.4. The highest BCUT2D eigenvalue weighted by Crippen LogP contribution is 2.53. The van der Waals surface area contributed by atoms with Crippen LogP contribution in [0.5, 0.6) is 0 Å². The van der Waals surface area contributed by atoms with Crippen molar-refractivity contribution in [1.82, 2.24) is 0 Å². The number of rotatable bonds is 14. The molecule has 222 valence electrons. The highest BCUT2D eigenvalue weighted by atomic mass is 32.2. The molecule has 12 heteroatoms. The zero-order valence-electron chi connectivity index (χ0n) is 22.5. The lowest BCUT2D eigenvalue weighted by atomic mass is 9.76. The average molecular weight is 597 g/mol. The molecule has 1 heterocycles. The molecule has 2 aromatic carbocycles. The van der Waals surface area contributed by atoms with Crippen LogP contribution >= 0.6 is 0 Å². The third-order valence-electron chi connectivity index (χ3n) is 6.95. The van der Waals surface area contributed by atoms with Crippen LogP contribution in [0.15, 0.2) is 59.2 Å². The van der Waals surface area contributed by atoms with E-state index in [1.165, 1.54) is 11.1 Å². The Labute approximate surface area is 236 Å². The number of anilines is 1. The van der Waals surface area contributed by atoms with Gasteiger partial charge >= 0.3 is 5.97 Å². The Kier molecular flexibility index (Phi) is 10.9. The lowest BCUT2D eigenvalue weighted by molar-refractivity contribution is -0.137. The fraction of sp³-hybridized carbons (Fsp3) is 0.379. The number of carboxylic acids is 1. The number of benzene rings is 2. The Balaban J connectivity index is 2.03. The van der Waals surface area contributed by atoms with E-state index in [1.807, 2.05) is 18.2 Å². The van der Waals surface area contributed by atoms with E-state index in [4.69, 9.17) is 9.66 Å². The molecule has 1 unspecified atom stereocenters. The number of allylic oxidation sites excluding steroid dienone is 4. The van der Waals surface area contributed by atoms with Crippen molar-refractivity contribution < 1.29 is 40.4 Å². The number of nitrogens with zero attached hydrogens (tertiary/aromatic N) is 2. The average Bonchev–Trinajstić information content (AvgIpc) is 3.16. The summed E-state index contributed by atoms with van der Waals surface area (Å²) in [6.45, 7) is 1.60. The van der Waals surface area contributed by atoms with Crippen molar-refractivity contribution in [2.45, 2.75) is 57.3 Å². The molecule has 2 aromatic rings. The van der Waals surface area contributed by atoms with Crippen LogP contribution in [-0.2, 0) is 20.3 Å². The summed E-state index contributed by atoms with van der Waals surface area (Å²) in [5.41, 5.74) is -1.21. The SMILES string of the molecule is CC1(CCCCS(=O)(=O)O)\C(=C/C=C/C=N/c2ccccc2)N(CCCCCC(=O)O)c2c(F)c(F)c(F)c(F)c21. The van der Waals surface area contributed by atoms with Crippen molar-refractivity contribution in [3.8, 4) is 0 Å². The molecule has 0 amide bonds. The lowest BCUT2D eigenvalue weighted by Gasteiger charge is -2.30. The second-order valence-corrected chi connectivity index (χ2v) is 11.5. The highest BCUT2D eigenvalue weighted by Gasteiger charge is 2.48. The molecule has 3 rings (SSSR count). The molecule has 0 spiro atoms. The van der Waals surface area contributed by atoms with Crippen LogP contribution in [0.4, 0.5) is 28.9 Å². The Bertz CT molecular complexity index is 1450. The summed E-state index contributed by atoms with van der Waals surface area (Å²) in [4.78, 5) is 16.5. The number of aliphatic imine (C=N–C) groups is 1. The minimum atomic E-state index is -4.26. The van der Waals surface area contributed by atoms with Gasteiger partial charge in [-0.25, -0.2) is 17.6 Å². The molecule has 1 atom stereocenters. The quantitative estimate of drug-likeness (QED) is 0.0616. The number of unbranched alkanes of at least 4 members (excludes halogenated alkanes) is 3.